The first-order valence-electron chi connectivity index (χ1n) is 6.81. The second kappa shape index (κ2) is 6.03. The summed E-state index contributed by atoms with van der Waals surface area (Å²) < 4.78 is 0. The summed E-state index contributed by atoms with van der Waals surface area (Å²) in [4.78, 5) is 0. The molecule has 0 fully saturated rings. The smallest absolute Gasteiger partial charge is 0.0111 e. The van der Waals surface area contributed by atoms with Gasteiger partial charge in [-0.05, 0) is 21.9 Å². The van der Waals surface area contributed by atoms with E-state index in [1.54, 1.807) is 0 Å². The summed E-state index contributed by atoms with van der Waals surface area (Å²) >= 11 is 0. The fourth-order valence-corrected chi connectivity index (χ4v) is 2.29. The highest BCUT2D eigenvalue weighted by atomic mass is 14.0. The van der Waals surface area contributed by atoms with Gasteiger partial charge in [0.25, 0.3) is 0 Å². The van der Waals surface area contributed by atoms with Gasteiger partial charge in [-0.1, -0.05) is 97.1 Å². The van der Waals surface area contributed by atoms with E-state index < -0.39 is 0 Å². The third kappa shape index (κ3) is 2.86. The first-order valence-corrected chi connectivity index (χ1v) is 6.81. The Hall–Kier alpha value is -2.60. The highest BCUT2D eigenvalue weighted by Crippen LogP contribution is 2.19. The van der Waals surface area contributed by atoms with E-state index in [2.05, 4.69) is 78.9 Å². The molecule has 0 saturated carbocycles. The molecular weight excluding hydrogens is 240 g/mol. The van der Waals surface area contributed by atoms with Gasteiger partial charge in [-0.15, -0.1) is 0 Å². The van der Waals surface area contributed by atoms with Crippen molar-refractivity contribution in [1.29, 1.82) is 0 Å². The Morgan fingerprint density at radius 3 is 2.15 bits per heavy atom. The van der Waals surface area contributed by atoms with E-state index in [-0.39, 0.29) is 0 Å². The summed E-state index contributed by atoms with van der Waals surface area (Å²) in [6.07, 6.45) is 8.44. The van der Waals surface area contributed by atoms with Crippen LogP contribution in [0.4, 0.5) is 0 Å². The second-order valence-electron chi connectivity index (χ2n) is 4.70. The SMILES string of the molecule is C(=C/c1cccc2ccccc12)/C=C/c1ccccc1. The van der Waals surface area contributed by atoms with E-state index in [0.29, 0.717) is 0 Å². The van der Waals surface area contributed by atoms with Crippen LogP contribution >= 0.6 is 0 Å². The van der Waals surface area contributed by atoms with Crippen molar-refractivity contribution in [2.75, 3.05) is 0 Å². The molecule has 96 valence electrons. The van der Waals surface area contributed by atoms with Crippen molar-refractivity contribution in [3.8, 4) is 0 Å². The van der Waals surface area contributed by atoms with Crippen LogP contribution in [0.2, 0.25) is 0 Å². The van der Waals surface area contributed by atoms with E-state index in [4.69, 9.17) is 0 Å². The molecule has 3 aromatic rings. The molecule has 20 heavy (non-hydrogen) atoms. The number of fused-ring (bicyclic) bond motifs is 1. The first kappa shape index (κ1) is 12.4. The Morgan fingerprint density at radius 2 is 1.25 bits per heavy atom. The van der Waals surface area contributed by atoms with Gasteiger partial charge < -0.3 is 0 Å². The Balaban J connectivity index is 1.83. The summed E-state index contributed by atoms with van der Waals surface area (Å²) in [5.74, 6) is 0. The molecule has 0 unspecified atom stereocenters. The van der Waals surface area contributed by atoms with Gasteiger partial charge in [-0.3, -0.25) is 0 Å². The standard InChI is InChI=1S/C20H16/c1-2-9-17(10-3-1)11-4-5-12-18-14-8-15-19-13-6-7-16-20(18)19/h1-16H/b11-4+,12-5-. The van der Waals surface area contributed by atoms with Crippen molar-refractivity contribution in [1.82, 2.24) is 0 Å². The van der Waals surface area contributed by atoms with Crippen molar-refractivity contribution in [2.45, 2.75) is 0 Å². The summed E-state index contributed by atoms with van der Waals surface area (Å²) in [5, 5.41) is 2.57. The van der Waals surface area contributed by atoms with Crippen LogP contribution in [0.5, 0.6) is 0 Å². The van der Waals surface area contributed by atoms with E-state index in [0.717, 1.165) is 0 Å². The third-order valence-corrected chi connectivity index (χ3v) is 3.30. The van der Waals surface area contributed by atoms with Crippen molar-refractivity contribution in [2.24, 2.45) is 0 Å². The van der Waals surface area contributed by atoms with Crippen LogP contribution in [-0.4, -0.2) is 0 Å². The van der Waals surface area contributed by atoms with Gasteiger partial charge in [0.1, 0.15) is 0 Å². The summed E-state index contributed by atoms with van der Waals surface area (Å²) in [7, 11) is 0. The van der Waals surface area contributed by atoms with Crippen molar-refractivity contribution >= 4 is 22.9 Å². The number of rotatable bonds is 3. The molecule has 3 rings (SSSR count). The Bertz CT molecular complexity index is 744. The molecule has 0 atom stereocenters. The first-order chi connectivity index (χ1) is 9.93. The average molecular weight is 256 g/mol. The van der Waals surface area contributed by atoms with Crippen molar-refractivity contribution in [3.05, 3.63) is 96.1 Å². The second-order valence-corrected chi connectivity index (χ2v) is 4.70. The minimum atomic E-state index is 1.22. The predicted octanol–water partition coefficient (Wildman–Crippen LogP) is 5.57. The Morgan fingerprint density at radius 1 is 0.550 bits per heavy atom. The van der Waals surface area contributed by atoms with Gasteiger partial charge in [0.15, 0.2) is 0 Å². The van der Waals surface area contributed by atoms with Crippen LogP contribution in [0.25, 0.3) is 22.9 Å². The summed E-state index contributed by atoms with van der Waals surface area (Å²) in [6, 6.07) is 25.2. The number of hydrogen-bond acceptors (Lipinski definition) is 0. The largest absolute Gasteiger partial charge is 0.0622 e. The maximum absolute atomic E-state index is 2.16. The highest BCUT2D eigenvalue weighted by Gasteiger charge is 1.95. The molecule has 0 aliphatic heterocycles. The van der Waals surface area contributed by atoms with Crippen LogP contribution < -0.4 is 0 Å². The lowest BCUT2D eigenvalue weighted by molar-refractivity contribution is 1.66. The molecule has 0 radical (unpaired) electrons. The average Bonchev–Trinajstić information content (AvgIpc) is 2.53. The zero-order chi connectivity index (χ0) is 13.6. The lowest BCUT2D eigenvalue weighted by atomic mass is 10.0. The summed E-state index contributed by atoms with van der Waals surface area (Å²) in [5.41, 5.74) is 2.47. The van der Waals surface area contributed by atoms with Gasteiger partial charge in [-0.25, -0.2) is 0 Å². The van der Waals surface area contributed by atoms with Gasteiger partial charge in [0.05, 0.1) is 0 Å². The summed E-state index contributed by atoms with van der Waals surface area (Å²) in [6.45, 7) is 0. The normalized spacial score (nSPS) is 11.6. The number of hydrogen-bond donors (Lipinski definition) is 0. The van der Waals surface area contributed by atoms with Gasteiger partial charge in [-0.2, -0.15) is 0 Å². The van der Waals surface area contributed by atoms with E-state index in [1.165, 1.54) is 21.9 Å². The van der Waals surface area contributed by atoms with E-state index >= 15 is 0 Å². The van der Waals surface area contributed by atoms with E-state index in [9.17, 15) is 0 Å². The molecule has 0 heteroatoms. The van der Waals surface area contributed by atoms with Crippen LogP contribution in [0.1, 0.15) is 11.1 Å². The minimum absolute atomic E-state index is 1.22. The highest BCUT2D eigenvalue weighted by molar-refractivity contribution is 5.90. The maximum Gasteiger partial charge on any atom is -0.0111 e. The Labute approximate surface area is 119 Å². The van der Waals surface area contributed by atoms with Crippen LogP contribution in [0, 0.1) is 0 Å². The molecule has 0 amide bonds. The van der Waals surface area contributed by atoms with Gasteiger partial charge in [0, 0.05) is 0 Å². The molecule has 0 spiro atoms. The molecule has 0 aliphatic carbocycles. The zero-order valence-electron chi connectivity index (χ0n) is 11.2. The quantitative estimate of drug-likeness (QED) is 0.538. The monoisotopic (exact) mass is 256 g/mol. The molecule has 3 aromatic carbocycles. The van der Waals surface area contributed by atoms with Crippen molar-refractivity contribution < 1.29 is 0 Å². The maximum atomic E-state index is 2.16. The van der Waals surface area contributed by atoms with Gasteiger partial charge >= 0.3 is 0 Å². The van der Waals surface area contributed by atoms with Crippen LogP contribution in [-0.2, 0) is 0 Å². The van der Waals surface area contributed by atoms with Crippen LogP contribution in [0.3, 0.4) is 0 Å². The third-order valence-electron chi connectivity index (χ3n) is 3.30. The topological polar surface area (TPSA) is 0 Å². The predicted molar refractivity (Wildman–Crippen MR) is 88.5 cm³/mol. The van der Waals surface area contributed by atoms with Crippen LogP contribution in [0.15, 0.2) is 84.9 Å². The molecule has 0 aromatic heterocycles. The van der Waals surface area contributed by atoms with Gasteiger partial charge in [0.2, 0.25) is 0 Å². The fourth-order valence-electron chi connectivity index (χ4n) is 2.29. The van der Waals surface area contributed by atoms with Crippen molar-refractivity contribution in [3.63, 3.8) is 0 Å². The molecule has 0 nitrogen and oxygen atoms in total. The van der Waals surface area contributed by atoms with E-state index in [1.807, 2.05) is 18.2 Å². The Kier molecular flexibility index (Phi) is 3.75. The minimum Gasteiger partial charge on any atom is -0.0622 e. The fraction of sp³-hybridized carbons (Fsp3) is 0. The molecule has 0 aliphatic rings. The molecule has 0 bridgehead atoms. The molecular formula is C20H16. The molecule has 0 saturated heterocycles. The zero-order valence-corrected chi connectivity index (χ0v) is 11.2. The number of allylic oxidation sites excluding steroid dienone is 2. The molecule has 0 heterocycles. The molecule has 0 N–H and O–H groups in total. The lowest BCUT2D eigenvalue weighted by Crippen LogP contribution is -1.76. The number of benzene rings is 3. The lowest BCUT2D eigenvalue weighted by Gasteiger charge is -2.00.